The van der Waals surface area contributed by atoms with Crippen LogP contribution in [0.3, 0.4) is 0 Å². The van der Waals surface area contributed by atoms with Crippen molar-refractivity contribution in [1.82, 2.24) is 10.1 Å². The predicted molar refractivity (Wildman–Crippen MR) is 99.3 cm³/mol. The van der Waals surface area contributed by atoms with Crippen LogP contribution in [-0.4, -0.2) is 23.2 Å². The first-order valence-corrected chi connectivity index (χ1v) is 8.54. The SMILES string of the molecule is COc1ccc(-c2noc(CCCC(=O)Nc3ccc(Cl)cc3)n2)cc1. The zero-order chi connectivity index (χ0) is 18.4. The van der Waals surface area contributed by atoms with Crippen LogP contribution >= 0.6 is 11.6 Å². The molecule has 0 spiro atoms. The third-order valence-corrected chi connectivity index (χ3v) is 3.99. The van der Waals surface area contributed by atoms with Gasteiger partial charge < -0.3 is 14.6 Å². The first-order valence-electron chi connectivity index (χ1n) is 8.16. The minimum absolute atomic E-state index is 0.0674. The number of hydrogen-bond donors (Lipinski definition) is 1. The smallest absolute Gasteiger partial charge is 0.226 e. The molecule has 0 aliphatic rings. The highest BCUT2D eigenvalue weighted by Crippen LogP contribution is 2.20. The van der Waals surface area contributed by atoms with Crippen molar-refractivity contribution < 1.29 is 14.1 Å². The van der Waals surface area contributed by atoms with Gasteiger partial charge in [-0.2, -0.15) is 4.98 Å². The number of rotatable bonds is 7. The number of hydrogen-bond acceptors (Lipinski definition) is 5. The number of carbonyl (C=O) groups excluding carboxylic acids is 1. The lowest BCUT2D eigenvalue weighted by Crippen LogP contribution is -2.11. The maximum atomic E-state index is 12.0. The molecule has 1 aromatic heterocycles. The molecule has 3 aromatic rings. The van der Waals surface area contributed by atoms with Crippen LogP contribution in [-0.2, 0) is 11.2 Å². The minimum atomic E-state index is -0.0674. The van der Waals surface area contributed by atoms with Crippen LogP contribution < -0.4 is 10.1 Å². The first kappa shape index (κ1) is 17.9. The lowest BCUT2D eigenvalue weighted by molar-refractivity contribution is -0.116. The number of aryl methyl sites for hydroxylation is 1. The van der Waals surface area contributed by atoms with Gasteiger partial charge >= 0.3 is 0 Å². The number of nitrogens with one attached hydrogen (secondary N) is 1. The number of anilines is 1. The fourth-order valence-electron chi connectivity index (χ4n) is 2.37. The highest BCUT2D eigenvalue weighted by atomic mass is 35.5. The molecular formula is C19H18ClN3O3. The van der Waals surface area contributed by atoms with Gasteiger partial charge in [0.25, 0.3) is 0 Å². The second-order valence-corrected chi connectivity index (χ2v) is 6.09. The lowest BCUT2D eigenvalue weighted by Gasteiger charge is -2.04. The number of methoxy groups -OCH3 is 1. The summed E-state index contributed by atoms with van der Waals surface area (Å²) in [5.41, 5.74) is 1.57. The standard InChI is InChI=1S/C19H18ClN3O3/c1-25-16-11-5-13(6-12-16)19-22-18(26-23-19)4-2-3-17(24)21-15-9-7-14(20)8-10-15/h5-12H,2-4H2,1H3,(H,21,24). The summed E-state index contributed by atoms with van der Waals surface area (Å²) in [6.45, 7) is 0. The summed E-state index contributed by atoms with van der Waals surface area (Å²) in [6.07, 6.45) is 1.52. The Labute approximate surface area is 156 Å². The molecule has 1 N–H and O–H groups in total. The molecule has 2 aromatic carbocycles. The molecule has 134 valence electrons. The Kier molecular flexibility index (Phi) is 5.86. The molecule has 0 unspecified atom stereocenters. The van der Waals surface area contributed by atoms with Crippen LogP contribution in [0.25, 0.3) is 11.4 Å². The van der Waals surface area contributed by atoms with Crippen LogP contribution in [0.4, 0.5) is 5.69 Å². The number of amides is 1. The van der Waals surface area contributed by atoms with Gasteiger partial charge in [0, 0.05) is 29.1 Å². The van der Waals surface area contributed by atoms with E-state index in [1.54, 1.807) is 31.4 Å². The summed E-state index contributed by atoms with van der Waals surface area (Å²) in [4.78, 5) is 16.3. The summed E-state index contributed by atoms with van der Waals surface area (Å²) >= 11 is 5.82. The molecule has 0 aliphatic heterocycles. The fourth-order valence-corrected chi connectivity index (χ4v) is 2.50. The third-order valence-electron chi connectivity index (χ3n) is 3.74. The lowest BCUT2D eigenvalue weighted by atomic mass is 10.2. The summed E-state index contributed by atoms with van der Waals surface area (Å²) in [5, 5.41) is 7.43. The molecule has 0 saturated carbocycles. The number of nitrogens with zero attached hydrogens (tertiary/aromatic N) is 2. The number of ether oxygens (including phenoxy) is 1. The van der Waals surface area contributed by atoms with E-state index in [9.17, 15) is 4.79 Å². The van der Waals surface area contributed by atoms with Crippen molar-refractivity contribution in [2.24, 2.45) is 0 Å². The van der Waals surface area contributed by atoms with Gasteiger partial charge in [-0.3, -0.25) is 4.79 Å². The number of aromatic nitrogens is 2. The summed E-state index contributed by atoms with van der Waals surface area (Å²) in [5.74, 6) is 1.73. The van der Waals surface area contributed by atoms with Gasteiger partial charge in [0.15, 0.2) is 0 Å². The maximum absolute atomic E-state index is 12.0. The molecule has 0 atom stereocenters. The molecule has 26 heavy (non-hydrogen) atoms. The van der Waals surface area contributed by atoms with E-state index in [1.807, 2.05) is 24.3 Å². The maximum Gasteiger partial charge on any atom is 0.226 e. The van der Waals surface area contributed by atoms with Gasteiger partial charge in [-0.1, -0.05) is 16.8 Å². The molecular weight excluding hydrogens is 354 g/mol. The average Bonchev–Trinajstić information content (AvgIpc) is 3.12. The van der Waals surface area contributed by atoms with Crippen molar-refractivity contribution in [2.75, 3.05) is 12.4 Å². The topological polar surface area (TPSA) is 77.2 Å². The van der Waals surface area contributed by atoms with Crippen molar-refractivity contribution in [1.29, 1.82) is 0 Å². The molecule has 6 nitrogen and oxygen atoms in total. The normalized spacial score (nSPS) is 10.5. The van der Waals surface area contributed by atoms with E-state index in [0.717, 1.165) is 17.0 Å². The van der Waals surface area contributed by atoms with Gasteiger partial charge in [-0.25, -0.2) is 0 Å². The molecule has 3 rings (SSSR count). The van der Waals surface area contributed by atoms with Gasteiger partial charge in [-0.15, -0.1) is 0 Å². The Morgan fingerprint density at radius 3 is 2.58 bits per heavy atom. The molecule has 1 amide bonds. The van der Waals surface area contributed by atoms with E-state index in [4.69, 9.17) is 20.9 Å². The summed E-state index contributed by atoms with van der Waals surface area (Å²) < 4.78 is 10.4. The molecule has 0 radical (unpaired) electrons. The van der Waals surface area contributed by atoms with Crippen molar-refractivity contribution in [3.63, 3.8) is 0 Å². The molecule has 1 heterocycles. The molecule has 0 aliphatic carbocycles. The zero-order valence-corrected chi connectivity index (χ0v) is 15.0. The van der Waals surface area contributed by atoms with E-state index in [0.29, 0.717) is 36.0 Å². The molecule has 0 bridgehead atoms. The van der Waals surface area contributed by atoms with Crippen molar-refractivity contribution in [2.45, 2.75) is 19.3 Å². The van der Waals surface area contributed by atoms with E-state index in [1.165, 1.54) is 0 Å². The van der Waals surface area contributed by atoms with Gasteiger partial charge in [0.2, 0.25) is 17.6 Å². The molecule has 0 saturated heterocycles. The minimum Gasteiger partial charge on any atom is -0.497 e. The van der Waals surface area contributed by atoms with Gasteiger partial charge in [0.05, 0.1) is 7.11 Å². The Hall–Kier alpha value is -2.86. The van der Waals surface area contributed by atoms with Crippen molar-refractivity contribution in [3.8, 4) is 17.1 Å². The van der Waals surface area contributed by atoms with Crippen LogP contribution in [0.15, 0.2) is 53.1 Å². The van der Waals surface area contributed by atoms with Crippen molar-refractivity contribution >= 4 is 23.2 Å². The Bertz CT molecular complexity index is 860. The quantitative estimate of drug-likeness (QED) is 0.667. The van der Waals surface area contributed by atoms with Crippen LogP contribution in [0.2, 0.25) is 5.02 Å². The Morgan fingerprint density at radius 2 is 1.88 bits per heavy atom. The first-order chi connectivity index (χ1) is 12.6. The molecule has 0 fully saturated rings. The van der Waals surface area contributed by atoms with Gasteiger partial charge in [0.1, 0.15) is 5.75 Å². The fraction of sp³-hybridized carbons (Fsp3) is 0.211. The Balaban J connectivity index is 1.48. The third kappa shape index (κ3) is 4.83. The highest BCUT2D eigenvalue weighted by Gasteiger charge is 2.10. The van der Waals surface area contributed by atoms with E-state index in [-0.39, 0.29) is 5.91 Å². The number of benzene rings is 2. The highest BCUT2D eigenvalue weighted by molar-refractivity contribution is 6.30. The van der Waals surface area contributed by atoms with Crippen molar-refractivity contribution in [3.05, 3.63) is 59.4 Å². The van der Waals surface area contributed by atoms with Crippen LogP contribution in [0, 0.1) is 0 Å². The van der Waals surface area contributed by atoms with Gasteiger partial charge in [-0.05, 0) is 55.0 Å². The van der Waals surface area contributed by atoms with E-state index < -0.39 is 0 Å². The number of carbonyl (C=O) groups is 1. The summed E-state index contributed by atoms with van der Waals surface area (Å²) in [7, 11) is 1.62. The largest absolute Gasteiger partial charge is 0.497 e. The Morgan fingerprint density at radius 1 is 1.15 bits per heavy atom. The summed E-state index contributed by atoms with van der Waals surface area (Å²) in [6, 6.07) is 14.4. The number of halogens is 1. The second kappa shape index (κ2) is 8.49. The van der Waals surface area contributed by atoms with Crippen LogP contribution in [0.1, 0.15) is 18.7 Å². The van der Waals surface area contributed by atoms with Crippen LogP contribution in [0.5, 0.6) is 5.75 Å². The zero-order valence-electron chi connectivity index (χ0n) is 14.2. The second-order valence-electron chi connectivity index (χ2n) is 5.65. The monoisotopic (exact) mass is 371 g/mol. The van der Waals surface area contributed by atoms with E-state index in [2.05, 4.69) is 15.5 Å². The van der Waals surface area contributed by atoms with E-state index >= 15 is 0 Å². The molecule has 7 heteroatoms. The predicted octanol–water partition coefficient (Wildman–Crippen LogP) is 4.36. The average molecular weight is 372 g/mol.